The molecule has 1 aliphatic rings. The minimum atomic E-state index is -1.15. The Hall–Kier alpha value is -0.603. The molecule has 0 bridgehead atoms. The Morgan fingerprint density at radius 1 is 0.950 bits per heavy atom. The summed E-state index contributed by atoms with van der Waals surface area (Å²) >= 11 is 0. The third-order valence-corrected chi connectivity index (χ3v) is 6.66. The molecule has 0 amide bonds. The average molecular weight is 290 g/mol. The van der Waals surface area contributed by atoms with E-state index in [2.05, 4.69) is 63.1 Å². The van der Waals surface area contributed by atoms with E-state index >= 15 is 0 Å². The SMILES string of the molecule is CC1CC(C)CC(NCc2ccc([Si](C)(C)C)cc2)C1. The van der Waals surface area contributed by atoms with Gasteiger partial charge >= 0.3 is 0 Å². The van der Waals surface area contributed by atoms with Gasteiger partial charge in [0, 0.05) is 12.6 Å². The summed E-state index contributed by atoms with van der Waals surface area (Å²) in [5.74, 6) is 1.76. The van der Waals surface area contributed by atoms with Crippen molar-refractivity contribution in [3.05, 3.63) is 29.8 Å². The first-order valence-corrected chi connectivity index (χ1v) is 11.7. The maximum absolute atomic E-state index is 3.77. The molecule has 1 N–H and O–H groups in total. The Morgan fingerprint density at radius 3 is 2.00 bits per heavy atom. The highest BCUT2D eigenvalue weighted by Crippen LogP contribution is 2.28. The predicted octanol–water partition coefficient (Wildman–Crippen LogP) is 4.15. The molecule has 112 valence electrons. The maximum Gasteiger partial charge on any atom is 0.0775 e. The molecule has 0 saturated heterocycles. The van der Waals surface area contributed by atoms with Crippen molar-refractivity contribution in [1.29, 1.82) is 0 Å². The highest BCUT2D eigenvalue weighted by atomic mass is 28.3. The topological polar surface area (TPSA) is 12.0 Å². The van der Waals surface area contributed by atoms with Gasteiger partial charge in [0.1, 0.15) is 0 Å². The van der Waals surface area contributed by atoms with E-state index in [1.165, 1.54) is 24.8 Å². The third kappa shape index (κ3) is 4.46. The summed E-state index contributed by atoms with van der Waals surface area (Å²) in [6.45, 7) is 13.0. The van der Waals surface area contributed by atoms with Crippen molar-refractivity contribution in [2.24, 2.45) is 11.8 Å². The minimum absolute atomic E-state index is 0.713. The quantitative estimate of drug-likeness (QED) is 0.821. The lowest BCUT2D eigenvalue weighted by molar-refractivity contribution is 0.238. The van der Waals surface area contributed by atoms with E-state index < -0.39 is 8.07 Å². The Morgan fingerprint density at radius 2 is 1.50 bits per heavy atom. The van der Waals surface area contributed by atoms with Crippen LogP contribution in [0.5, 0.6) is 0 Å². The fourth-order valence-corrected chi connectivity index (χ4v) is 4.67. The molecular weight excluding hydrogens is 258 g/mol. The van der Waals surface area contributed by atoms with Crippen LogP contribution in [0.3, 0.4) is 0 Å². The van der Waals surface area contributed by atoms with Gasteiger partial charge in [0.15, 0.2) is 0 Å². The summed E-state index contributed by atoms with van der Waals surface area (Å²) in [4.78, 5) is 0. The van der Waals surface area contributed by atoms with Crippen molar-refractivity contribution in [3.63, 3.8) is 0 Å². The third-order valence-electron chi connectivity index (χ3n) is 4.59. The Kier molecular flexibility index (Phi) is 5.08. The molecule has 2 atom stereocenters. The second-order valence-electron chi connectivity index (χ2n) is 7.94. The van der Waals surface area contributed by atoms with Crippen molar-refractivity contribution < 1.29 is 0 Å². The van der Waals surface area contributed by atoms with E-state index in [0.717, 1.165) is 18.4 Å². The van der Waals surface area contributed by atoms with Crippen LogP contribution in [0, 0.1) is 11.8 Å². The summed E-state index contributed by atoms with van der Waals surface area (Å²) in [5.41, 5.74) is 1.43. The number of nitrogens with one attached hydrogen (secondary N) is 1. The molecular formula is C18H31NSi. The average Bonchev–Trinajstić information content (AvgIpc) is 2.35. The zero-order chi connectivity index (χ0) is 14.8. The molecule has 20 heavy (non-hydrogen) atoms. The molecule has 2 unspecified atom stereocenters. The first-order chi connectivity index (χ1) is 9.34. The predicted molar refractivity (Wildman–Crippen MR) is 92.2 cm³/mol. The van der Waals surface area contributed by atoms with E-state index in [1.54, 1.807) is 5.19 Å². The molecule has 2 heteroatoms. The normalized spacial score (nSPS) is 27.6. The largest absolute Gasteiger partial charge is 0.310 e. The minimum Gasteiger partial charge on any atom is -0.310 e. The highest BCUT2D eigenvalue weighted by Gasteiger charge is 2.23. The first-order valence-electron chi connectivity index (χ1n) is 8.17. The molecule has 1 nitrogen and oxygen atoms in total. The molecule has 1 saturated carbocycles. The van der Waals surface area contributed by atoms with Gasteiger partial charge in [0.2, 0.25) is 0 Å². The summed E-state index contributed by atoms with van der Waals surface area (Å²) in [5, 5.41) is 5.32. The smallest absolute Gasteiger partial charge is 0.0775 e. The van der Waals surface area contributed by atoms with Crippen LogP contribution < -0.4 is 10.5 Å². The summed E-state index contributed by atoms with van der Waals surface area (Å²) in [6.07, 6.45) is 4.09. The van der Waals surface area contributed by atoms with Crippen LogP contribution in [0.1, 0.15) is 38.7 Å². The van der Waals surface area contributed by atoms with E-state index in [1.807, 2.05) is 0 Å². The van der Waals surface area contributed by atoms with Crippen LogP contribution in [-0.2, 0) is 6.54 Å². The zero-order valence-electron chi connectivity index (χ0n) is 13.9. The van der Waals surface area contributed by atoms with Crippen molar-refractivity contribution >= 4 is 13.3 Å². The number of hydrogen-bond acceptors (Lipinski definition) is 1. The fourth-order valence-electron chi connectivity index (χ4n) is 3.50. The lowest BCUT2D eigenvalue weighted by Crippen LogP contribution is -2.38. The zero-order valence-corrected chi connectivity index (χ0v) is 14.9. The number of rotatable bonds is 4. The molecule has 0 aliphatic heterocycles. The van der Waals surface area contributed by atoms with Gasteiger partial charge in [-0.3, -0.25) is 0 Å². The van der Waals surface area contributed by atoms with Crippen LogP contribution in [0.15, 0.2) is 24.3 Å². The Bertz CT molecular complexity index is 408. The second-order valence-corrected chi connectivity index (χ2v) is 13.0. The Labute approximate surface area is 126 Å². The van der Waals surface area contributed by atoms with Crippen LogP contribution in [0.4, 0.5) is 0 Å². The molecule has 1 aliphatic carbocycles. The summed E-state index contributed by atoms with van der Waals surface area (Å²) in [6, 6.07) is 10.0. The molecule has 0 heterocycles. The molecule has 2 rings (SSSR count). The Balaban J connectivity index is 1.88. The van der Waals surface area contributed by atoms with Gasteiger partial charge in [-0.25, -0.2) is 0 Å². The van der Waals surface area contributed by atoms with Gasteiger partial charge in [-0.05, 0) is 36.7 Å². The van der Waals surface area contributed by atoms with Gasteiger partial charge in [-0.2, -0.15) is 0 Å². The molecule has 1 aromatic carbocycles. The molecule has 1 aromatic rings. The summed E-state index contributed by atoms with van der Waals surface area (Å²) in [7, 11) is -1.15. The van der Waals surface area contributed by atoms with Gasteiger partial charge in [0.25, 0.3) is 0 Å². The van der Waals surface area contributed by atoms with Crippen molar-refractivity contribution in [2.45, 2.75) is 65.3 Å². The van der Waals surface area contributed by atoms with Crippen LogP contribution >= 0.6 is 0 Å². The van der Waals surface area contributed by atoms with Gasteiger partial charge in [-0.15, -0.1) is 0 Å². The molecule has 0 spiro atoms. The van der Waals surface area contributed by atoms with Crippen molar-refractivity contribution in [1.82, 2.24) is 5.32 Å². The van der Waals surface area contributed by atoms with Gasteiger partial charge < -0.3 is 5.32 Å². The van der Waals surface area contributed by atoms with Gasteiger partial charge in [0.05, 0.1) is 8.07 Å². The van der Waals surface area contributed by atoms with Crippen LogP contribution in [-0.4, -0.2) is 14.1 Å². The standard InChI is InChI=1S/C18H31NSi/c1-14-10-15(2)12-17(11-14)19-13-16-6-8-18(9-7-16)20(3,4)5/h6-9,14-15,17,19H,10-13H2,1-5H3. The number of hydrogen-bond donors (Lipinski definition) is 1. The summed E-state index contributed by atoms with van der Waals surface area (Å²) < 4.78 is 0. The van der Waals surface area contributed by atoms with Crippen molar-refractivity contribution in [3.8, 4) is 0 Å². The van der Waals surface area contributed by atoms with Crippen LogP contribution in [0.2, 0.25) is 19.6 Å². The fraction of sp³-hybridized carbons (Fsp3) is 0.667. The lowest BCUT2D eigenvalue weighted by atomic mass is 9.80. The molecule has 1 fully saturated rings. The molecule has 0 radical (unpaired) electrons. The monoisotopic (exact) mass is 289 g/mol. The van der Waals surface area contributed by atoms with E-state index in [-0.39, 0.29) is 0 Å². The first kappa shape index (κ1) is 15.8. The lowest BCUT2D eigenvalue weighted by Gasteiger charge is -2.32. The highest BCUT2D eigenvalue weighted by molar-refractivity contribution is 6.88. The maximum atomic E-state index is 3.77. The van der Waals surface area contributed by atoms with E-state index in [0.29, 0.717) is 6.04 Å². The molecule has 0 aromatic heterocycles. The van der Waals surface area contributed by atoms with Crippen molar-refractivity contribution in [2.75, 3.05) is 0 Å². The van der Waals surface area contributed by atoms with E-state index in [9.17, 15) is 0 Å². The van der Waals surface area contributed by atoms with E-state index in [4.69, 9.17) is 0 Å². The second kappa shape index (κ2) is 6.44. The van der Waals surface area contributed by atoms with Gasteiger partial charge in [-0.1, -0.05) is 62.9 Å². The number of benzene rings is 1. The van der Waals surface area contributed by atoms with Crippen LogP contribution in [0.25, 0.3) is 0 Å².